The van der Waals surface area contributed by atoms with Gasteiger partial charge in [-0.15, -0.1) is 0 Å². The van der Waals surface area contributed by atoms with Gasteiger partial charge in [0, 0.05) is 13.0 Å². The van der Waals surface area contributed by atoms with E-state index >= 15 is 0 Å². The summed E-state index contributed by atoms with van der Waals surface area (Å²) in [4.78, 5) is 47.0. The zero-order chi connectivity index (χ0) is 30.9. The van der Waals surface area contributed by atoms with Crippen molar-refractivity contribution in [3.63, 3.8) is 0 Å². The lowest BCUT2D eigenvalue weighted by atomic mass is 10.0. The third-order valence-electron chi connectivity index (χ3n) is 8.04. The van der Waals surface area contributed by atoms with E-state index in [1.807, 2.05) is 0 Å². The van der Waals surface area contributed by atoms with Gasteiger partial charge >= 0.3 is 0 Å². The number of anilines is 1. The molecule has 18 nitrogen and oxygen atoms in total. The zero-order valence-corrected chi connectivity index (χ0v) is 24.6. The minimum absolute atomic E-state index is 0.0534. The van der Waals surface area contributed by atoms with Crippen molar-refractivity contribution in [1.29, 1.82) is 0 Å². The fourth-order valence-electron chi connectivity index (χ4n) is 6.00. The Morgan fingerprint density at radius 3 is 2.18 bits per heavy atom. The standard InChI is InChI=1S/C24H28N12O6S2/c1-7-29-17-13(19(39)30-7)27-5-35(17)21-15(37)11-8(41-21)2-3-10(43)31-12-9(4-26-24(44)32-11)42-22(16(12)38)36-6-28-14-18(36)33-23(25)34-20(14)40/h5-6,8-9,11-12,15-16,21-22,37-38H,2-4H2,1H3,(H,31,43)(H2,26,32,44)(H,29,30,39)(H3,25,33,34,40)/t8-,9-,11?,12+,15+,16?,21-,22-/m1/s1. The van der Waals surface area contributed by atoms with Crippen LogP contribution in [0.5, 0.6) is 0 Å². The average molecular weight is 645 g/mol. The first-order valence-corrected chi connectivity index (χ1v) is 14.6. The summed E-state index contributed by atoms with van der Waals surface area (Å²) in [5.74, 6) is 0.301. The van der Waals surface area contributed by atoms with E-state index in [9.17, 15) is 19.8 Å². The number of rotatable bonds is 2. The topological polar surface area (TPSA) is 248 Å². The molecule has 0 spiro atoms. The summed E-state index contributed by atoms with van der Waals surface area (Å²) >= 11 is 11.2. The number of aliphatic hydroxyl groups is 2. The van der Waals surface area contributed by atoms with Crippen LogP contribution < -0.4 is 32.8 Å². The van der Waals surface area contributed by atoms with Crippen LogP contribution in [-0.4, -0.2) is 102 Å². The van der Waals surface area contributed by atoms with Gasteiger partial charge in [0.15, 0.2) is 39.9 Å². The maximum atomic E-state index is 12.4. The van der Waals surface area contributed by atoms with E-state index in [0.29, 0.717) is 23.7 Å². The number of nitrogens with zero attached hydrogens (tertiary/aromatic N) is 6. The lowest BCUT2D eigenvalue weighted by Gasteiger charge is -2.28. The highest BCUT2D eigenvalue weighted by molar-refractivity contribution is 7.80. The first-order chi connectivity index (χ1) is 21.1. The van der Waals surface area contributed by atoms with Crippen LogP contribution in [0.1, 0.15) is 31.1 Å². The maximum Gasteiger partial charge on any atom is 0.280 e. The van der Waals surface area contributed by atoms with Gasteiger partial charge in [-0.05, 0) is 25.6 Å². The van der Waals surface area contributed by atoms with Crippen LogP contribution in [0.2, 0.25) is 0 Å². The van der Waals surface area contributed by atoms with E-state index in [0.717, 1.165) is 0 Å². The van der Waals surface area contributed by atoms with Gasteiger partial charge in [0.1, 0.15) is 24.1 Å². The molecule has 20 heteroatoms. The number of imidazole rings is 2. The Morgan fingerprint density at radius 1 is 0.909 bits per heavy atom. The van der Waals surface area contributed by atoms with Crippen LogP contribution in [-0.2, 0) is 9.47 Å². The average Bonchev–Trinajstić information content (AvgIpc) is 3.72. The number of aliphatic hydroxyl groups excluding tert-OH is 2. The third kappa shape index (κ3) is 4.79. The number of nitrogens with one attached hydrogen (secondary N) is 5. The van der Waals surface area contributed by atoms with E-state index in [2.05, 4.69) is 45.9 Å². The largest absolute Gasteiger partial charge is 0.386 e. The normalized spacial score (nSPS) is 31.1. The summed E-state index contributed by atoms with van der Waals surface area (Å²) in [7, 11) is 0. The van der Waals surface area contributed by atoms with E-state index in [4.69, 9.17) is 39.6 Å². The lowest BCUT2D eigenvalue weighted by molar-refractivity contribution is -0.0362. The molecule has 4 aromatic heterocycles. The molecule has 0 aliphatic carbocycles. The molecule has 4 aromatic rings. The molecule has 3 aliphatic heterocycles. The fraction of sp³-hybridized carbons (Fsp3) is 0.500. The number of hydrogen-bond donors (Lipinski definition) is 8. The molecule has 3 aliphatic rings. The summed E-state index contributed by atoms with van der Waals surface area (Å²) in [6.45, 7) is 1.80. The molecule has 44 heavy (non-hydrogen) atoms. The maximum absolute atomic E-state index is 12.4. The molecular formula is C24H28N12O6S2. The van der Waals surface area contributed by atoms with E-state index in [-0.39, 0.29) is 39.9 Å². The van der Waals surface area contributed by atoms with Gasteiger partial charge in [0.2, 0.25) is 5.95 Å². The number of nitrogens with two attached hydrogens (primary N) is 1. The van der Waals surface area contributed by atoms with Gasteiger partial charge in [-0.3, -0.25) is 23.7 Å². The van der Waals surface area contributed by atoms with Crippen LogP contribution in [0, 0.1) is 6.92 Å². The number of H-pyrrole nitrogens is 2. The second-order valence-electron chi connectivity index (χ2n) is 10.9. The minimum Gasteiger partial charge on any atom is -0.386 e. The number of aromatic nitrogens is 8. The fourth-order valence-corrected chi connectivity index (χ4v) is 6.47. The van der Waals surface area contributed by atoms with Crippen molar-refractivity contribution in [3.05, 3.63) is 39.2 Å². The van der Waals surface area contributed by atoms with Gasteiger partial charge in [0.05, 0.1) is 35.8 Å². The van der Waals surface area contributed by atoms with E-state index in [1.54, 1.807) is 6.92 Å². The molecule has 3 saturated heterocycles. The molecule has 2 unspecified atom stereocenters. The van der Waals surface area contributed by atoms with Crippen LogP contribution >= 0.6 is 24.4 Å². The Morgan fingerprint density at radius 2 is 1.50 bits per heavy atom. The molecule has 8 atom stereocenters. The highest BCUT2D eigenvalue weighted by atomic mass is 32.1. The Kier molecular flexibility index (Phi) is 7.05. The Hall–Kier alpha value is -4.08. The van der Waals surface area contributed by atoms with Gasteiger partial charge in [0.25, 0.3) is 11.1 Å². The number of aryl methyl sites for hydroxylation is 1. The molecule has 0 aromatic carbocycles. The second-order valence-corrected chi connectivity index (χ2v) is 11.8. The number of thiocarbonyl (C=S) groups is 2. The summed E-state index contributed by atoms with van der Waals surface area (Å²) in [5, 5.41) is 32.5. The molecular weight excluding hydrogens is 616 g/mol. The predicted molar refractivity (Wildman–Crippen MR) is 162 cm³/mol. The first-order valence-electron chi connectivity index (χ1n) is 13.8. The summed E-state index contributed by atoms with van der Waals surface area (Å²) in [5.41, 5.74) is 5.47. The Bertz CT molecular complexity index is 1770. The molecule has 7 heterocycles. The van der Waals surface area contributed by atoms with Crippen LogP contribution in [0.25, 0.3) is 22.3 Å². The van der Waals surface area contributed by atoms with Gasteiger partial charge in [-0.25, -0.2) is 15.0 Å². The molecule has 232 valence electrons. The van der Waals surface area contributed by atoms with E-state index in [1.165, 1.54) is 21.8 Å². The smallest absolute Gasteiger partial charge is 0.280 e. The molecule has 9 N–H and O–H groups in total. The van der Waals surface area contributed by atoms with Crippen molar-refractivity contribution in [3.8, 4) is 0 Å². The quantitative estimate of drug-likeness (QED) is 0.106. The van der Waals surface area contributed by atoms with Gasteiger partial charge in [-0.1, -0.05) is 12.2 Å². The Labute approximate surface area is 257 Å². The van der Waals surface area contributed by atoms with Crippen molar-refractivity contribution >= 4 is 62.8 Å². The van der Waals surface area contributed by atoms with Crippen molar-refractivity contribution in [2.75, 3.05) is 12.3 Å². The SMILES string of the molecule is Cc1nc2c(ncn2[C@@H]2O[C@@H]3CCC(=S)N[C@@H]4C(O)[C@H](n5cnc6c(=O)[nH]c(N)nc65)O[C@@H]4CNC(=S)NC3[C@@H]2O)c(=O)[nH]1. The number of ether oxygens (including phenoxy) is 2. The molecule has 0 amide bonds. The summed E-state index contributed by atoms with van der Waals surface area (Å²) in [6.07, 6.45) is -1.77. The number of nitrogen functional groups attached to an aromatic ring is 1. The highest BCUT2D eigenvalue weighted by Gasteiger charge is 2.48. The second kappa shape index (κ2) is 10.8. The first kappa shape index (κ1) is 28.7. The van der Waals surface area contributed by atoms with Crippen molar-refractivity contribution in [2.45, 2.75) is 68.7 Å². The molecule has 0 radical (unpaired) electrons. The van der Waals surface area contributed by atoms with Crippen LogP contribution in [0.4, 0.5) is 5.95 Å². The number of hydrogen-bond acceptors (Lipinski definition) is 13. The lowest BCUT2D eigenvalue weighted by Crippen LogP contribution is -2.55. The summed E-state index contributed by atoms with van der Waals surface area (Å²) in [6, 6.07) is -1.31. The molecule has 3 fully saturated rings. The predicted octanol–water partition coefficient (Wildman–Crippen LogP) is -2.43. The van der Waals surface area contributed by atoms with Crippen molar-refractivity contribution in [1.82, 2.24) is 55.0 Å². The molecule has 7 rings (SSSR count). The number of aromatic amines is 2. The van der Waals surface area contributed by atoms with E-state index < -0.39 is 60.1 Å². The van der Waals surface area contributed by atoms with Crippen molar-refractivity contribution in [2.24, 2.45) is 0 Å². The van der Waals surface area contributed by atoms with Gasteiger partial charge < -0.3 is 46.4 Å². The summed E-state index contributed by atoms with van der Waals surface area (Å²) < 4.78 is 15.5. The Balaban J connectivity index is 1.13. The molecule has 0 saturated carbocycles. The third-order valence-corrected chi connectivity index (χ3v) is 8.63. The minimum atomic E-state index is -1.13. The number of fused-ring (bicyclic) bond motifs is 4. The van der Waals surface area contributed by atoms with Gasteiger partial charge in [-0.2, -0.15) is 4.98 Å². The van der Waals surface area contributed by atoms with Crippen LogP contribution in [0.15, 0.2) is 22.2 Å². The monoisotopic (exact) mass is 644 g/mol. The van der Waals surface area contributed by atoms with Crippen molar-refractivity contribution < 1.29 is 19.7 Å². The molecule has 0 bridgehead atoms. The zero-order valence-electron chi connectivity index (χ0n) is 23.0. The van der Waals surface area contributed by atoms with Crippen LogP contribution in [0.3, 0.4) is 0 Å². The highest BCUT2D eigenvalue weighted by Crippen LogP contribution is 2.34.